The van der Waals surface area contributed by atoms with Crippen molar-refractivity contribution in [2.75, 3.05) is 13.1 Å². The molecule has 19 heavy (non-hydrogen) atoms. The molecule has 0 aromatic carbocycles. The lowest BCUT2D eigenvalue weighted by molar-refractivity contribution is -0.137. The van der Waals surface area contributed by atoms with Gasteiger partial charge in [-0.25, -0.2) is 0 Å². The van der Waals surface area contributed by atoms with Crippen LogP contribution in [0, 0.1) is 5.92 Å². The SMILES string of the molecule is Cn1cccc1C(=O)N1CCC[C@H](CCC(=O)O)C1. The molecule has 5 heteroatoms. The average molecular weight is 264 g/mol. The Labute approximate surface area is 112 Å². The van der Waals surface area contributed by atoms with Gasteiger partial charge in [0.15, 0.2) is 0 Å². The molecule has 5 nitrogen and oxygen atoms in total. The van der Waals surface area contributed by atoms with Gasteiger partial charge in [0.2, 0.25) is 0 Å². The zero-order chi connectivity index (χ0) is 13.8. The Balaban J connectivity index is 1.95. The first kappa shape index (κ1) is 13.6. The molecule has 1 aromatic rings. The third-order valence-corrected chi connectivity index (χ3v) is 3.74. The Kier molecular flexibility index (Phi) is 4.24. The number of hydrogen-bond donors (Lipinski definition) is 1. The first-order valence-electron chi connectivity index (χ1n) is 6.70. The van der Waals surface area contributed by atoms with Crippen molar-refractivity contribution in [3.63, 3.8) is 0 Å². The number of aryl methyl sites for hydroxylation is 1. The van der Waals surface area contributed by atoms with Gasteiger partial charge in [-0.3, -0.25) is 9.59 Å². The van der Waals surface area contributed by atoms with E-state index in [4.69, 9.17) is 5.11 Å². The van der Waals surface area contributed by atoms with E-state index in [1.165, 1.54) is 0 Å². The molecule has 1 N–H and O–H groups in total. The first-order chi connectivity index (χ1) is 9.08. The van der Waals surface area contributed by atoms with Gasteiger partial charge in [-0.1, -0.05) is 0 Å². The van der Waals surface area contributed by atoms with Gasteiger partial charge in [-0.2, -0.15) is 0 Å². The summed E-state index contributed by atoms with van der Waals surface area (Å²) in [7, 11) is 1.86. The number of rotatable bonds is 4. The van der Waals surface area contributed by atoms with Crippen LogP contribution in [0.5, 0.6) is 0 Å². The maximum Gasteiger partial charge on any atom is 0.303 e. The Bertz CT molecular complexity index is 467. The van der Waals surface area contributed by atoms with E-state index in [0.29, 0.717) is 24.6 Å². The monoisotopic (exact) mass is 264 g/mol. The van der Waals surface area contributed by atoms with Crippen molar-refractivity contribution >= 4 is 11.9 Å². The van der Waals surface area contributed by atoms with E-state index in [1.54, 1.807) is 0 Å². The van der Waals surface area contributed by atoms with Crippen LogP contribution >= 0.6 is 0 Å². The second-order valence-corrected chi connectivity index (χ2v) is 5.20. The quantitative estimate of drug-likeness (QED) is 0.901. The standard InChI is InChI=1S/C14H20N2O3/c1-15-8-3-5-12(15)14(19)16-9-2-4-11(10-16)6-7-13(17)18/h3,5,8,11H,2,4,6-7,9-10H2,1H3,(H,17,18)/t11-/m1/s1. The summed E-state index contributed by atoms with van der Waals surface area (Å²) in [5.41, 5.74) is 0.693. The van der Waals surface area contributed by atoms with Crippen LogP contribution < -0.4 is 0 Å². The molecular weight excluding hydrogens is 244 g/mol. The highest BCUT2D eigenvalue weighted by Gasteiger charge is 2.25. The number of amides is 1. The summed E-state index contributed by atoms with van der Waals surface area (Å²) in [6.45, 7) is 1.45. The molecule has 0 spiro atoms. The van der Waals surface area contributed by atoms with Gasteiger partial charge in [0.1, 0.15) is 5.69 Å². The molecule has 1 atom stereocenters. The fraction of sp³-hybridized carbons (Fsp3) is 0.571. The topological polar surface area (TPSA) is 62.5 Å². The number of nitrogens with zero attached hydrogens (tertiary/aromatic N) is 2. The summed E-state index contributed by atoms with van der Waals surface area (Å²) < 4.78 is 1.82. The van der Waals surface area contributed by atoms with Crippen LogP contribution in [0.3, 0.4) is 0 Å². The van der Waals surface area contributed by atoms with Crippen LogP contribution in [0.15, 0.2) is 18.3 Å². The molecule has 1 aliphatic rings. The van der Waals surface area contributed by atoms with E-state index in [0.717, 1.165) is 19.4 Å². The number of carbonyl (C=O) groups is 2. The minimum absolute atomic E-state index is 0.0486. The third-order valence-electron chi connectivity index (χ3n) is 3.74. The van der Waals surface area contributed by atoms with Gasteiger partial charge in [-0.15, -0.1) is 0 Å². The van der Waals surface area contributed by atoms with Gasteiger partial charge >= 0.3 is 5.97 Å². The van der Waals surface area contributed by atoms with Gasteiger partial charge in [0.05, 0.1) is 0 Å². The summed E-state index contributed by atoms with van der Waals surface area (Å²) in [6.07, 6.45) is 4.69. The Morgan fingerprint density at radius 2 is 2.26 bits per heavy atom. The van der Waals surface area contributed by atoms with E-state index in [2.05, 4.69) is 0 Å². The second kappa shape index (κ2) is 5.91. The Morgan fingerprint density at radius 3 is 2.89 bits per heavy atom. The Hall–Kier alpha value is -1.78. The largest absolute Gasteiger partial charge is 0.481 e. The van der Waals surface area contributed by atoms with E-state index in [-0.39, 0.29) is 12.3 Å². The van der Waals surface area contributed by atoms with E-state index >= 15 is 0 Å². The fourth-order valence-corrected chi connectivity index (χ4v) is 2.66. The molecule has 104 valence electrons. The highest BCUT2D eigenvalue weighted by molar-refractivity contribution is 5.92. The van der Waals surface area contributed by atoms with Gasteiger partial charge in [0, 0.05) is 32.8 Å². The zero-order valence-corrected chi connectivity index (χ0v) is 11.2. The number of piperidine rings is 1. The predicted octanol–water partition coefficient (Wildman–Crippen LogP) is 1.74. The van der Waals surface area contributed by atoms with Crippen molar-refractivity contribution in [2.24, 2.45) is 13.0 Å². The zero-order valence-electron chi connectivity index (χ0n) is 11.2. The number of aromatic nitrogens is 1. The molecule has 1 aromatic heterocycles. The molecule has 1 aliphatic heterocycles. The molecule has 1 amide bonds. The summed E-state index contributed by atoms with van der Waals surface area (Å²) in [4.78, 5) is 24.8. The molecule has 0 bridgehead atoms. The predicted molar refractivity (Wildman–Crippen MR) is 70.9 cm³/mol. The van der Waals surface area contributed by atoms with Crippen molar-refractivity contribution in [2.45, 2.75) is 25.7 Å². The van der Waals surface area contributed by atoms with Crippen molar-refractivity contribution in [1.29, 1.82) is 0 Å². The van der Waals surface area contributed by atoms with Gasteiger partial charge in [0.25, 0.3) is 5.91 Å². The Morgan fingerprint density at radius 1 is 1.47 bits per heavy atom. The molecule has 0 aliphatic carbocycles. The minimum atomic E-state index is -0.758. The molecular formula is C14H20N2O3. The van der Waals surface area contributed by atoms with Crippen LogP contribution in [0.4, 0.5) is 0 Å². The number of hydrogen-bond acceptors (Lipinski definition) is 2. The maximum atomic E-state index is 12.4. The van der Waals surface area contributed by atoms with Crippen LogP contribution in [0.2, 0.25) is 0 Å². The fourth-order valence-electron chi connectivity index (χ4n) is 2.66. The van der Waals surface area contributed by atoms with Gasteiger partial charge in [-0.05, 0) is 37.3 Å². The van der Waals surface area contributed by atoms with Crippen LogP contribution in [0.25, 0.3) is 0 Å². The lowest BCUT2D eigenvalue weighted by Crippen LogP contribution is -2.40. The number of carboxylic acids is 1. The number of carbonyl (C=O) groups excluding carboxylic acids is 1. The van der Waals surface area contributed by atoms with Crippen molar-refractivity contribution < 1.29 is 14.7 Å². The van der Waals surface area contributed by atoms with Crippen molar-refractivity contribution in [3.8, 4) is 0 Å². The average Bonchev–Trinajstić information content (AvgIpc) is 2.82. The normalized spacial score (nSPS) is 19.4. The van der Waals surface area contributed by atoms with Gasteiger partial charge < -0.3 is 14.6 Å². The van der Waals surface area contributed by atoms with E-state index in [9.17, 15) is 9.59 Å². The number of aliphatic carboxylic acids is 1. The highest BCUT2D eigenvalue weighted by atomic mass is 16.4. The molecule has 0 unspecified atom stereocenters. The minimum Gasteiger partial charge on any atom is -0.481 e. The van der Waals surface area contributed by atoms with Crippen LogP contribution in [-0.2, 0) is 11.8 Å². The summed E-state index contributed by atoms with van der Waals surface area (Å²) in [5.74, 6) is -0.396. The van der Waals surface area contributed by atoms with Crippen molar-refractivity contribution in [1.82, 2.24) is 9.47 Å². The molecule has 0 radical (unpaired) electrons. The van der Waals surface area contributed by atoms with Crippen LogP contribution in [0.1, 0.15) is 36.2 Å². The lowest BCUT2D eigenvalue weighted by Gasteiger charge is -2.32. The van der Waals surface area contributed by atoms with Crippen molar-refractivity contribution in [3.05, 3.63) is 24.0 Å². The second-order valence-electron chi connectivity index (χ2n) is 5.20. The molecule has 2 rings (SSSR count). The maximum absolute atomic E-state index is 12.4. The summed E-state index contributed by atoms with van der Waals surface area (Å²) in [5, 5.41) is 8.72. The molecule has 2 heterocycles. The molecule has 1 saturated heterocycles. The summed E-state index contributed by atoms with van der Waals surface area (Å²) in [6, 6.07) is 3.68. The third kappa shape index (κ3) is 3.36. The van der Waals surface area contributed by atoms with E-state index in [1.807, 2.05) is 34.8 Å². The highest BCUT2D eigenvalue weighted by Crippen LogP contribution is 2.22. The number of carboxylic acid groups (broad SMARTS) is 1. The lowest BCUT2D eigenvalue weighted by atomic mass is 9.93. The summed E-state index contributed by atoms with van der Waals surface area (Å²) >= 11 is 0. The smallest absolute Gasteiger partial charge is 0.303 e. The molecule has 0 saturated carbocycles. The number of likely N-dealkylation sites (tertiary alicyclic amines) is 1. The molecule has 1 fully saturated rings. The first-order valence-corrected chi connectivity index (χ1v) is 6.70. The van der Waals surface area contributed by atoms with Crippen LogP contribution in [-0.4, -0.2) is 39.5 Å². The van der Waals surface area contributed by atoms with E-state index < -0.39 is 5.97 Å².